The van der Waals surface area contributed by atoms with Crippen LogP contribution in [0.2, 0.25) is 0 Å². The Morgan fingerprint density at radius 2 is 1.66 bits per heavy atom. The van der Waals surface area contributed by atoms with Crippen molar-refractivity contribution in [1.82, 2.24) is 30.4 Å². The van der Waals surface area contributed by atoms with Crippen LogP contribution >= 0.6 is 0 Å². The van der Waals surface area contributed by atoms with Crippen molar-refractivity contribution in [3.63, 3.8) is 0 Å². The summed E-state index contributed by atoms with van der Waals surface area (Å²) < 4.78 is 10.8. The maximum absolute atomic E-state index is 13.9. The van der Waals surface area contributed by atoms with Crippen molar-refractivity contribution in [2.45, 2.75) is 71.3 Å². The molecule has 1 fully saturated rings. The van der Waals surface area contributed by atoms with E-state index in [1.807, 2.05) is 24.3 Å². The van der Waals surface area contributed by atoms with Crippen LogP contribution in [0.5, 0.6) is 0 Å². The van der Waals surface area contributed by atoms with Crippen molar-refractivity contribution >= 4 is 29.8 Å². The van der Waals surface area contributed by atoms with E-state index in [9.17, 15) is 24.0 Å². The van der Waals surface area contributed by atoms with Crippen LogP contribution in [0.3, 0.4) is 0 Å². The van der Waals surface area contributed by atoms with Gasteiger partial charge in [0.1, 0.15) is 29.9 Å². The van der Waals surface area contributed by atoms with Crippen molar-refractivity contribution in [2.75, 3.05) is 20.2 Å². The van der Waals surface area contributed by atoms with E-state index in [4.69, 9.17) is 9.47 Å². The first-order chi connectivity index (χ1) is 21.0. The van der Waals surface area contributed by atoms with Gasteiger partial charge in [-0.3, -0.25) is 19.4 Å². The smallest absolute Gasteiger partial charge is 0.410 e. The van der Waals surface area contributed by atoms with E-state index < -0.39 is 54.0 Å². The standard InChI is InChI=1S/C31H40N6O7/c1-18(2)25(34-27(38)23-15-32-11-12-33-23)28(39)35-26(19(3)4)29(40)37-17-22(14-24(37)30(41)43-5)44-31(42)36-13-10-20-8-6-7-9-21(20)16-36/h6-9,11-12,15,18-19,22,24-26H,10,13-14,16-17H2,1-5H3,(H,34,38)(H,35,39)/t22-,24?,25+,26+/m1/s1. The van der Waals surface area contributed by atoms with E-state index in [1.54, 1.807) is 32.6 Å². The number of aromatic nitrogens is 2. The zero-order chi connectivity index (χ0) is 32.0. The van der Waals surface area contributed by atoms with Gasteiger partial charge in [0.25, 0.3) is 5.91 Å². The van der Waals surface area contributed by atoms with Gasteiger partial charge in [-0.2, -0.15) is 0 Å². The van der Waals surface area contributed by atoms with Crippen molar-refractivity contribution in [2.24, 2.45) is 11.8 Å². The fourth-order valence-electron chi connectivity index (χ4n) is 5.46. The van der Waals surface area contributed by atoms with Crippen LogP contribution in [0, 0.1) is 11.8 Å². The van der Waals surface area contributed by atoms with Gasteiger partial charge in [-0.05, 0) is 29.4 Å². The Morgan fingerprint density at radius 1 is 0.955 bits per heavy atom. The molecule has 236 valence electrons. The van der Waals surface area contributed by atoms with Gasteiger partial charge >= 0.3 is 12.1 Å². The lowest BCUT2D eigenvalue weighted by atomic mass is 9.99. The van der Waals surface area contributed by atoms with E-state index in [-0.39, 0.29) is 30.5 Å². The Balaban J connectivity index is 1.45. The topological polar surface area (TPSA) is 160 Å². The normalized spacial score (nSPS) is 19.2. The minimum absolute atomic E-state index is 0.0368. The molecular weight excluding hydrogens is 568 g/mol. The zero-order valence-corrected chi connectivity index (χ0v) is 25.7. The van der Waals surface area contributed by atoms with Crippen LogP contribution in [0.4, 0.5) is 4.79 Å². The second-order valence-electron chi connectivity index (χ2n) is 11.7. The summed E-state index contributed by atoms with van der Waals surface area (Å²) in [5.74, 6) is -2.99. The predicted octanol–water partition coefficient (Wildman–Crippen LogP) is 1.71. The maximum atomic E-state index is 13.9. The first kappa shape index (κ1) is 32.4. The molecule has 44 heavy (non-hydrogen) atoms. The first-order valence-electron chi connectivity index (χ1n) is 14.8. The van der Waals surface area contributed by atoms with Crippen molar-refractivity contribution < 1.29 is 33.4 Å². The van der Waals surface area contributed by atoms with Crippen LogP contribution in [0.15, 0.2) is 42.9 Å². The van der Waals surface area contributed by atoms with Crippen LogP contribution in [-0.4, -0.2) is 94.0 Å². The average molecular weight is 609 g/mol. The third kappa shape index (κ3) is 7.50. The molecule has 2 aromatic rings. The van der Waals surface area contributed by atoms with Gasteiger partial charge in [-0.1, -0.05) is 52.0 Å². The summed E-state index contributed by atoms with van der Waals surface area (Å²) in [6.07, 6.45) is 3.60. The molecule has 2 aliphatic heterocycles. The summed E-state index contributed by atoms with van der Waals surface area (Å²) in [6.45, 7) is 7.93. The van der Waals surface area contributed by atoms with E-state index in [0.29, 0.717) is 19.5 Å². The van der Waals surface area contributed by atoms with Crippen LogP contribution in [0.25, 0.3) is 0 Å². The fourth-order valence-corrected chi connectivity index (χ4v) is 5.46. The monoisotopic (exact) mass is 608 g/mol. The molecule has 0 saturated carbocycles. The van der Waals surface area contributed by atoms with Gasteiger partial charge in [0, 0.05) is 31.9 Å². The molecule has 13 nitrogen and oxygen atoms in total. The number of hydrogen-bond donors (Lipinski definition) is 2. The number of hydrogen-bond acceptors (Lipinski definition) is 9. The molecule has 4 rings (SSSR count). The lowest BCUT2D eigenvalue weighted by molar-refractivity contribution is -0.152. The number of ether oxygens (including phenoxy) is 2. The number of methoxy groups -OCH3 is 1. The van der Waals surface area contributed by atoms with Crippen molar-refractivity contribution in [3.05, 3.63) is 59.7 Å². The number of nitrogens with one attached hydrogen (secondary N) is 2. The molecular formula is C31H40N6O7. The number of fused-ring (bicyclic) bond motifs is 1. The molecule has 4 amide bonds. The lowest BCUT2D eigenvalue weighted by Gasteiger charge is -2.31. The Morgan fingerprint density at radius 3 is 2.30 bits per heavy atom. The summed E-state index contributed by atoms with van der Waals surface area (Å²) in [6, 6.07) is 4.91. The molecule has 0 bridgehead atoms. The third-order valence-electron chi connectivity index (χ3n) is 7.94. The summed E-state index contributed by atoms with van der Waals surface area (Å²) in [7, 11) is 1.23. The molecule has 13 heteroatoms. The SMILES string of the molecule is COC(=O)C1C[C@@H](OC(=O)N2CCc3ccccc3C2)CN1C(=O)[C@@H](NC(=O)[C@@H](NC(=O)c1cnccn1)C(C)C)C(C)C. The van der Waals surface area contributed by atoms with Gasteiger partial charge in [0.15, 0.2) is 0 Å². The summed E-state index contributed by atoms with van der Waals surface area (Å²) in [5, 5.41) is 5.45. The highest BCUT2D eigenvalue weighted by Crippen LogP contribution is 2.26. The second kappa shape index (κ2) is 14.3. The van der Waals surface area contributed by atoms with E-state index >= 15 is 0 Å². The van der Waals surface area contributed by atoms with Gasteiger partial charge in [-0.25, -0.2) is 14.6 Å². The third-order valence-corrected chi connectivity index (χ3v) is 7.94. The number of rotatable bonds is 9. The molecule has 1 unspecified atom stereocenters. The number of benzene rings is 1. The molecule has 0 spiro atoms. The molecule has 2 aliphatic rings. The number of likely N-dealkylation sites (tertiary alicyclic amines) is 1. The van der Waals surface area contributed by atoms with E-state index in [2.05, 4.69) is 20.6 Å². The average Bonchev–Trinajstić information content (AvgIpc) is 3.45. The molecule has 1 saturated heterocycles. The summed E-state index contributed by atoms with van der Waals surface area (Å²) in [5.41, 5.74) is 2.29. The maximum Gasteiger partial charge on any atom is 0.410 e. The van der Waals surface area contributed by atoms with E-state index in [0.717, 1.165) is 5.56 Å². The first-order valence-corrected chi connectivity index (χ1v) is 14.8. The highest BCUT2D eigenvalue weighted by molar-refractivity contribution is 5.97. The van der Waals surface area contributed by atoms with Crippen LogP contribution in [-0.2, 0) is 36.8 Å². The van der Waals surface area contributed by atoms with E-state index in [1.165, 1.54) is 36.2 Å². The fraction of sp³-hybridized carbons (Fsp3) is 0.516. The quantitative estimate of drug-likeness (QED) is 0.404. The second-order valence-corrected chi connectivity index (χ2v) is 11.7. The van der Waals surface area contributed by atoms with Gasteiger partial charge < -0.3 is 29.9 Å². The van der Waals surface area contributed by atoms with Crippen LogP contribution < -0.4 is 10.6 Å². The molecule has 2 N–H and O–H groups in total. The lowest BCUT2D eigenvalue weighted by Crippen LogP contribution is -2.58. The minimum atomic E-state index is -1.03. The predicted molar refractivity (Wildman–Crippen MR) is 158 cm³/mol. The minimum Gasteiger partial charge on any atom is -0.467 e. The Hall–Kier alpha value is -4.55. The molecule has 1 aromatic heterocycles. The molecule has 1 aromatic carbocycles. The van der Waals surface area contributed by atoms with Crippen LogP contribution in [0.1, 0.15) is 55.7 Å². The number of amides is 4. The number of carbonyl (C=O) groups is 5. The summed E-state index contributed by atoms with van der Waals surface area (Å²) in [4.78, 5) is 76.7. The Labute approximate surface area is 256 Å². The highest BCUT2D eigenvalue weighted by Gasteiger charge is 2.45. The highest BCUT2D eigenvalue weighted by atomic mass is 16.6. The van der Waals surface area contributed by atoms with Crippen molar-refractivity contribution in [1.29, 1.82) is 0 Å². The number of esters is 1. The van der Waals surface area contributed by atoms with Crippen molar-refractivity contribution in [3.8, 4) is 0 Å². The number of carbonyl (C=O) groups excluding carboxylic acids is 5. The largest absolute Gasteiger partial charge is 0.467 e. The number of nitrogens with zero attached hydrogens (tertiary/aromatic N) is 4. The zero-order valence-electron chi connectivity index (χ0n) is 25.7. The molecule has 0 aliphatic carbocycles. The Bertz CT molecular complexity index is 1370. The summed E-state index contributed by atoms with van der Waals surface area (Å²) >= 11 is 0. The van der Waals surface area contributed by atoms with Gasteiger partial charge in [-0.15, -0.1) is 0 Å². The molecule has 4 atom stereocenters. The van der Waals surface area contributed by atoms with Gasteiger partial charge in [0.05, 0.1) is 19.9 Å². The van der Waals surface area contributed by atoms with Gasteiger partial charge in [0.2, 0.25) is 11.8 Å². The Kier molecular flexibility index (Phi) is 10.5. The molecule has 3 heterocycles. The molecule has 0 radical (unpaired) electrons.